The van der Waals surface area contributed by atoms with Gasteiger partial charge in [0, 0.05) is 18.7 Å². The Morgan fingerprint density at radius 3 is 2.67 bits per heavy atom. The van der Waals surface area contributed by atoms with Gasteiger partial charge in [-0.15, -0.1) is 10.2 Å². The zero-order valence-corrected chi connectivity index (χ0v) is 21.2. The molecule has 4 aromatic rings. The van der Waals surface area contributed by atoms with Crippen LogP contribution in [0.3, 0.4) is 0 Å². The van der Waals surface area contributed by atoms with Gasteiger partial charge in [0.15, 0.2) is 23.0 Å². The number of carboxylic acids is 1. The first kappa shape index (κ1) is 26.1. The molecule has 2 N–H and O–H groups in total. The van der Waals surface area contributed by atoms with Crippen LogP contribution in [-0.4, -0.2) is 47.3 Å². The third-order valence-corrected chi connectivity index (χ3v) is 6.45. The predicted octanol–water partition coefficient (Wildman–Crippen LogP) is 4.36. The summed E-state index contributed by atoms with van der Waals surface area (Å²) < 4.78 is 40.8. The number of aromatic nitrogens is 6. The first-order valence-electron chi connectivity index (χ1n) is 11.6. The molecule has 0 saturated heterocycles. The number of nitriles is 1. The number of anilines is 2. The Morgan fingerprint density at radius 2 is 1.97 bits per heavy atom. The van der Waals surface area contributed by atoms with Gasteiger partial charge in [-0.25, -0.2) is 19.7 Å². The lowest BCUT2D eigenvalue weighted by Gasteiger charge is -2.29. The molecule has 15 heteroatoms. The third kappa shape index (κ3) is 4.88. The topological polar surface area (TPSA) is 146 Å². The van der Waals surface area contributed by atoms with Crippen molar-refractivity contribution in [3.63, 3.8) is 0 Å². The van der Waals surface area contributed by atoms with Crippen LogP contribution in [0.1, 0.15) is 51.9 Å². The van der Waals surface area contributed by atoms with Gasteiger partial charge in [0.1, 0.15) is 11.2 Å². The van der Waals surface area contributed by atoms with E-state index < -0.39 is 24.0 Å². The van der Waals surface area contributed by atoms with E-state index >= 15 is 0 Å². The van der Waals surface area contributed by atoms with Gasteiger partial charge >= 0.3 is 12.1 Å². The zero-order valence-electron chi connectivity index (χ0n) is 20.5. The second-order valence-electron chi connectivity index (χ2n) is 8.94. The smallest absolute Gasteiger partial charge is 0.451 e. The highest BCUT2D eigenvalue weighted by molar-refractivity contribution is 6.29. The van der Waals surface area contributed by atoms with Crippen molar-refractivity contribution in [2.75, 3.05) is 16.8 Å². The van der Waals surface area contributed by atoms with E-state index in [-0.39, 0.29) is 53.5 Å². The van der Waals surface area contributed by atoms with E-state index in [2.05, 4.69) is 25.5 Å². The number of nitrogens with one attached hydrogen (secondary N) is 1. The van der Waals surface area contributed by atoms with Crippen LogP contribution in [0.25, 0.3) is 11.0 Å². The van der Waals surface area contributed by atoms with Crippen LogP contribution in [0.2, 0.25) is 5.15 Å². The summed E-state index contributed by atoms with van der Waals surface area (Å²) in [7, 11) is 0. The number of pyridine rings is 1. The van der Waals surface area contributed by atoms with E-state index in [4.69, 9.17) is 16.6 Å². The minimum Gasteiger partial charge on any atom is -0.476 e. The molecule has 39 heavy (non-hydrogen) atoms. The van der Waals surface area contributed by atoms with Crippen molar-refractivity contribution in [1.29, 1.82) is 5.26 Å². The highest BCUT2D eigenvalue weighted by Gasteiger charge is 2.40. The maximum Gasteiger partial charge on any atom is 0.451 e. The Balaban J connectivity index is 1.55. The molecule has 4 heterocycles. The Hall–Kier alpha value is -4.51. The molecular weight excluding hydrogens is 539 g/mol. The van der Waals surface area contributed by atoms with Crippen LogP contribution in [-0.2, 0) is 19.3 Å². The summed E-state index contributed by atoms with van der Waals surface area (Å²) in [4.78, 5) is 26.5. The fraction of sp³-hybridized carbons (Fsp3) is 0.292. The van der Waals surface area contributed by atoms with Gasteiger partial charge in [-0.3, -0.25) is 0 Å². The van der Waals surface area contributed by atoms with Crippen molar-refractivity contribution in [2.24, 2.45) is 0 Å². The first-order valence-corrected chi connectivity index (χ1v) is 12.0. The average Bonchev–Trinajstić information content (AvgIpc) is 3.32. The van der Waals surface area contributed by atoms with Crippen LogP contribution in [0.5, 0.6) is 0 Å². The molecule has 0 saturated carbocycles. The van der Waals surface area contributed by atoms with Crippen LogP contribution in [0, 0.1) is 18.3 Å². The highest BCUT2D eigenvalue weighted by atomic mass is 35.5. The Labute approximate surface area is 223 Å². The molecule has 1 aliphatic rings. The molecule has 0 bridgehead atoms. The van der Waals surface area contributed by atoms with Crippen molar-refractivity contribution < 1.29 is 23.1 Å². The quantitative estimate of drug-likeness (QED) is 0.339. The van der Waals surface area contributed by atoms with Crippen molar-refractivity contribution in [1.82, 2.24) is 29.7 Å². The van der Waals surface area contributed by atoms with Crippen LogP contribution in [0.4, 0.5) is 24.7 Å². The first-order chi connectivity index (χ1) is 18.5. The highest BCUT2D eigenvalue weighted by Crippen LogP contribution is 2.33. The number of aryl methyl sites for hydroxylation is 1. The fourth-order valence-electron chi connectivity index (χ4n) is 4.52. The second kappa shape index (κ2) is 9.66. The number of benzene rings is 1. The van der Waals surface area contributed by atoms with Crippen molar-refractivity contribution in [3.05, 3.63) is 63.6 Å². The number of hydrogen-bond acceptors (Lipinski definition) is 9. The number of carboxylic acid groups (broad SMARTS) is 1. The van der Waals surface area contributed by atoms with Gasteiger partial charge in [0.25, 0.3) is 0 Å². The van der Waals surface area contributed by atoms with Crippen molar-refractivity contribution in [3.8, 4) is 6.07 Å². The summed E-state index contributed by atoms with van der Waals surface area (Å²) >= 11 is 5.87. The largest absolute Gasteiger partial charge is 0.476 e. The van der Waals surface area contributed by atoms with E-state index in [1.54, 1.807) is 17.9 Å². The van der Waals surface area contributed by atoms with Crippen LogP contribution in [0.15, 0.2) is 24.3 Å². The second-order valence-corrected chi connectivity index (χ2v) is 9.33. The van der Waals surface area contributed by atoms with Crippen LogP contribution < -0.4 is 10.2 Å². The molecule has 1 aromatic carbocycles. The normalized spacial score (nSPS) is 14.1. The molecule has 0 radical (unpaired) electrons. The molecule has 5 rings (SSSR count). The van der Waals surface area contributed by atoms with Gasteiger partial charge < -0.3 is 19.9 Å². The summed E-state index contributed by atoms with van der Waals surface area (Å²) in [5.74, 6) is -2.04. The molecule has 11 nitrogen and oxygen atoms in total. The molecule has 0 fully saturated rings. The van der Waals surface area contributed by atoms with Crippen molar-refractivity contribution >= 4 is 40.1 Å². The van der Waals surface area contributed by atoms with E-state index in [1.807, 2.05) is 19.1 Å². The summed E-state index contributed by atoms with van der Waals surface area (Å²) in [5.41, 5.74) is 2.37. The van der Waals surface area contributed by atoms with E-state index in [0.717, 1.165) is 10.1 Å². The van der Waals surface area contributed by atoms with Gasteiger partial charge in [-0.05, 0) is 37.6 Å². The monoisotopic (exact) mass is 557 g/mol. The Kier molecular flexibility index (Phi) is 6.47. The lowest BCUT2D eigenvalue weighted by Crippen LogP contribution is -2.36. The number of halogens is 4. The van der Waals surface area contributed by atoms with Crippen LogP contribution >= 0.6 is 11.6 Å². The minimum absolute atomic E-state index is 0.0127. The number of rotatable bonds is 5. The van der Waals surface area contributed by atoms with E-state index in [9.17, 15) is 28.3 Å². The summed E-state index contributed by atoms with van der Waals surface area (Å²) in [6.07, 6.45) is -4.63. The molecule has 3 aromatic heterocycles. The lowest BCUT2D eigenvalue weighted by atomic mass is 10.0. The summed E-state index contributed by atoms with van der Waals surface area (Å²) in [6.45, 7) is 3.67. The molecular formula is C24H19ClF3N9O2. The molecule has 0 amide bonds. The van der Waals surface area contributed by atoms with E-state index in [0.29, 0.717) is 16.6 Å². The number of carbonyl (C=O) groups is 1. The summed E-state index contributed by atoms with van der Waals surface area (Å²) in [6, 6.07) is 8.15. The zero-order chi connectivity index (χ0) is 28.1. The fourth-order valence-corrected chi connectivity index (χ4v) is 4.67. The minimum atomic E-state index is -4.63. The van der Waals surface area contributed by atoms with E-state index in [1.165, 1.54) is 12.1 Å². The third-order valence-electron chi connectivity index (χ3n) is 6.24. The average molecular weight is 558 g/mol. The molecule has 1 atom stereocenters. The molecule has 0 aliphatic carbocycles. The number of fused-ring (bicyclic) bond motifs is 2. The molecule has 0 spiro atoms. The van der Waals surface area contributed by atoms with Gasteiger partial charge in [-0.2, -0.15) is 18.4 Å². The predicted molar refractivity (Wildman–Crippen MR) is 133 cm³/mol. The number of alkyl halides is 3. The Bertz CT molecular complexity index is 1670. The molecule has 1 aliphatic heterocycles. The Morgan fingerprint density at radius 1 is 1.21 bits per heavy atom. The molecule has 0 unspecified atom stereocenters. The lowest BCUT2D eigenvalue weighted by molar-refractivity contribution is -0.147. The SMILES string of the molecule is Cc1cc([C@@H](C)Nc2ccc(Cl)nc2C(=O)O)c2nc(N3CCn4c(nnc4C(F)(F)F)C3)c(C#N)nc2c1. The number of hydrogen-bond donors (Lipinski definition) is 2. The standard InChI is InChI=1S/C24H19ClF3N9O2/c1-11-7-13(12(2)30-14-3-4-17(25)32-20(14)22(38)39)19-15(8-11)31-16(9-29)21(33-19)36-5-6-37-18(10-36)34-35-23(37)24(26,27)28/h3-4,7-8,12,30H,5-6,10H2,1-2H3,(H,38,39)/t12-/m1/s1. The van der Waals surface area contributed by atoms with Crippen molar-refractivity contribution in [2.45, 2.75) is 39.2 Å². The maximum absolute atomic E-state index is 13.3. The van der Waals surface area contributed by atoms with Gasteiger partial charge in [0.05, 0.1) is 29.3 Å². The number of aromatic carboxylic acids is 1. The number of nitrogens with zero attached hydrogens (tertiary/aromatic N) is 8. The van der Waals surface area contributed by atoms with Gasteiger partial charge in [-0.1, -0.05) is 17.7 Å². The molecule has 200 valence electrons. The summed E-state index contributed by atoms with van der Waals surface area (Å²) in [5, 5.41) is 29.5. The maximum atomic E-state index is 13.3. The van der Waals surface area contributed by atoms with Gasteiger partial charge in [0.2, 0.25) is 5.82 Å².